The molecule has 2 aromatic rings. The maximum absolute atomic E-state index is 5.89. The minimum absolute atomic E-state index is 0.472. The molecule has 0 saturated carbocycles. The molecular formula is C16H21N3O. The third kappa shape index (κ3) is 3.54. The Morgan fingerprint density at radius 3 is 2.75 bits per heavy atom. The monoisotopic (exact) mass is 271 g/mol. The van der Waals surface area contributed by atoms with Crippen molar-refractivity contribution in [3.8, 4) is 11.6 Å². The largest absolute Gasteiger partial charge is 0.437 e. The van der Waals surface area contributed by atoms with Crippen molar-refractivity contribution in [2.24, 2.45) is 0 Å². The molecule has 0 aliphatic carbocycles. The van der Waals surface area contributed by atoms with Crippen LogP contribution in [0.4, 0.5) is 0 Å². The molecule has 0 aliphatic rings. The summed E-state index contributed by atoms with van der Waals surface area (Å²) in [5.74, 6) is 1.84. The highest BCUT2D eigenvalue weighted by Gasteiger charge is 2.07. The van der Waals surface area contributed by atoms with Gasteiger partial charge in [-0.1, -0.05) is 26.0 Å². The number of benzene rings is 1. The van der Waals surface area contributed by atoms with Gasteiger partial charge in [-0.25, -0.2) is 4.98 Å². The first kappa shape index (κ1) is 14.5. The summed E-state index contributed by atoms with van der Waals surface area (Å²) >= 11 is 0. The Kier molecular flexibility index (Phi) is 4.69. The molecule has 1 heterocycles. The normalized spacial score (nSPS) is 10.8. The average Bonchev–Trinajstić information content (AvgIpc) is 2.42. The highest BCUT2D eigenvalue weighted by Crippen LogP contribution is 2.27. The zero-order valence-electron chi connectivity index (χ0n) is 12.5. The Morgan fingerprint density at radius 1 is 1.25 bits per heavy atom. The van der Waals surface area contributed by atoms with Crippen molar-refractivity contribution in [1.29, 1.82) is 0 Å². The number of ether oxygens (including phenoxy) is 1. The van der Waals surface area contributed by atoms with Gasteiger partial charge in [0.25, 0.3) is 0 Å². The Labute approximate surface area is 120 Å². The molecule has 0 amide bonds. The van der Waals surface area contributed by atoms with E-state index in [1.807, 2.05) is 14.0 Å². The van der Waals surface area contributed by atoms with Crippen molar-refractivity contribution in [3.63, 3.8) is 0 Å². The van der Waals surface area contributed by atoms with Gasteiger partial charge in [0.1, 0.15) is 5.75 Å². The van der Waals surface area contributed by atoms with Gasteiger partial charge >= 0.3 is 0 Å². The van der Waals surface area contributed by atoms with E-state index in [1.54, 1.807) is 12.4 Å². The molecule has 0 spiro atoms. The first-order valence-electron chi connectivity index (χ1n) is 6.84. The quantitative estimate of drug-likeness (QED) is 0.905. The summed E-state index contributed by atoms with van der Waals surface area (Å²) in [6, 6.07) is 6.29. The summed E-state index contributed by atoms with van der Waals surface area (Å²) in [6.07, 6.45) is 3.38. The number of nitrogens with zero attached hydrogens (tertiary/aromatic N) is 2. The smallest absolute Gasteiger partial charge is 0.238 e. The van der Waals surface area contributed by atoms with Crippen molar-refractivity contribution in [1.82, 2.24) is 15.3 Å². The summed E-state index contributed by atoms with van der Waals surface area (Å²) < 4.78 is 5.89. The molecule has 4 heteroatoms. The molecule has 1 aromatic carbocycles. The van der Waals surface area contributed by atoms with E-state index in [1.165, 1.54) is 5.56 Å². The number of aromatic nitrogens is 2. The second-order valence-corrected chi connectivity index (χ2v) is 5.16. The molecular weight excluding hydrogens is 250 g/mol. The predicted octanol–water partition coefficient (Wildman–Crippen LogP) is 3.42. The van der Waals surface area contributed by atoms with E-state index in [0.717, 1.165) is 17.0 Å². The lowest BCUT2D eigenvalue weighted by atomic mass is 10.0. The number of hydrogen-bond acceptors (Lipinski definition) is 4. The second-order valence-electron chi connectivity index (χ2n) is 5.16. The average molecular weight is 271 g/mol. The van der Waals surface area contributed by atoms with Crippen LogP contribution in [0.25, 0.3) is 0 Å². The van der Waals surface area contributed by atoms with Crippen LogP contribution in [-0.2, 0) is 6.54 Å². The van der Waals surface area contributed by atoms with Crippen LogP contribution in [0, 0.1) is 6.92 Å². The Bertz CT molecular complexity index is 582. The van der Waals surface area contributed by atoms with Gasteiger partial charge in [-0.2, -0.15) is 0 Å². The lowest BCUT2D eigenvalue weighted by Gasteiger charge is -2.12. The fourth-order valence-electron chi connectivity index (χ4n) is 1.90. The van der Waals surface area contributed by atoms with Crippen molar-refractivity contribution in [3.05, 3.63) is 47.4 Å². The van der Waals surface area contributed by atoms with Gasteiger partial charge in [0.05, 0.1) is 11.9 Å². The van der Waals surface area contributed by atoms with Crippen LogP contribution in [0.1, 0.15) is 36.6 Å². The minimum atomic E-state index is 0.472. The minimum Gasteiger partial charge on any atom is -0.437 e. The van der Waals surface area contributed by atoms with Gasteiger partial charge in [0.2, 0.25) is 5.88 Å². The van der Waals surface area contributed by atoms with Crippen molar-refractivity contribution in [2.45, 2.75) is 33.2 Å². The maximum atomic E-state index is 5.89. The van der Waals surface area contributed by atoms with E-state index in [2.05, 4.69) is 47.3 Å². The molecule has 0 saturated heterocycles. The predicted molar refractivity (Wildman–Crippen MR) is 80.1 cm³/mol. The third-order valence-electron chi connectivity index (χ3n) is 3.11. The van der Waals surface area contributed by atoms with Crippen LogP contribution in [-0.4, -0.2) is 17.0 Å². The second kappa shape index (κ2) is 6.48. The van der Waals surface area contributed by atoms with Gasteiger partial charge < -0.3 is 10.1 Å². The summed E-state index contributed by atoms with van der Waals surface area (Å²) in [7, 11) is 1.88. The molecule has 0 bridgehead atoms. The Morgan fingerprint density at radius 2 is 2.05 bits per heavy atom. The molecule has 2 rings (SSSR count). The number of rotatable bonds is 5. The third-order valence-corrected chi connectivity index (χ3v) is 3.11. The SMILES string of the molecule is CNCc1cncc(Oc2cc(C(C)C)ccc2C)n1. The Hall–Kier alpha value is -1.94. The van der Waals surface area contributed by atoms with Crippen LogP contribution in [0.5, 0.6) is 11.6 Å². The molecule has 1 N–H and O–H groups in total. The highest BCUT2D eigenvalue weighted by atomic mass is 16.5. The number of hydrogen-bond donors (Lipinski definition) is 1. The molecule has 1 aromatic heterocycles. The van der Waals surface area contributed by atoms with Gasteiger partial charge in [0.15, 0.2) is 0 Å². The zero-order valence-corrected chi connectivity index (χ0v) is 12.5. The van der Waals surface area contributed by atoms with Crippen LogP contribution in [0.3, 0.4) is 0 Å². The first-order valence-corrected chi connectivity index (χ1v) is 6.84. The molecule has 4 nitrogen and oxygen atoms in total. The van der Waals surface area contributed by atoms with Crippen LogP contribution in [0.15, 0.2) is 30.6 Å². The van der Waals surface area contributed by atoms with E-state index in [-0.39, 0.29) is 0 Å². The lowest BCUT2D eigenvalue weighted by Crippen LogP contribution is -2.07. The maximum Gasteiger partial charge on any atom is 0.238 e. The summed E-state index contributed by atoms with van der Waals surface area (Å²) in [6.45, 7) is 7.04. The topological polar surface area (TPSA) is 47.0 Å². The van der Waals surface area contributed by atoms with Crippen LogP contribution >= 0.6 is 0 Å². The summed E-state index contributed by atoms with van der Waals surface area (Å²) in [5, 5.41) is 3.05. The fourth-order valence-corrected chi connectivity index (χ4v) is 1.90. The van der Waals surface area contributed by atoms with E-state index in [9.17, 15) is 0 Å². The molecule has 0 unspecified atom stereocenters. The summed E-state index contributed by atoms with van der Waals surface area (Å²) in [4.78, 5) is 8.59. The van der Waals surface area contributed by atoms with Gasteiger partial charge in [0, 0.05) is 12.7 Å². The molecule has 20 heavy (non-hydrogen) atoms. The van der Waals surface area contributed by atoms with Crippen LogP contribution < -0.4 is 10.1 Å². The summed E-state index contributed by atoms with van der Waals surface area (Å²) in [5.41, 5.74) is 3.21. The van der Waals surface area contributed by atoms with Gasteiger partial charge in [-0.05, 0) is 37.1 Å². The molecule has 0 aliphatic heterocycles. The number of aryl methyl sites for hydroxylation is 1. The highest BCUT2D eigenvalue weighted by molar-refractivity contribution is 5.39. The van der Waals surface area contributed by atoms with E-state index >= 15 is 0 Å². The molecule has 106 valence electrons. The number of nitrogens with one attached hydrogen (secondary N) is 1. The first-order chi connectivity index (χ1) is 9.60. The standard InChI is InChI=1S/C16H21N3O/c1-11(2)13-6-5-12(3)15(7-13)20-16-10-18-9-14(19-16)8-17-4/h5-7,9-11,17H,8H2,1-4H3. The van der Waals surface area contributed by atoms with Crippen molar-refractivity contribution in [2.75, 3.05) is 7.05 Å². The molecule has 0 fully saturated rings. The van der Waals surface area contributed by atoms with Gasteiger partial charge in [-0.3, -0.25) is 4.98 Å². The fraction of sp³-hybridized carbons (Fsp3) is 0.375. The van der Waals surface area contributed by atoms with E-state index in [4.69, 9.17) is 4.74 Å². The van der Waals surface area contributed by atoms with Crippen molar-refractivity contribution < 1.29 is 4.74 Å². The van der Waals surface area contributed by atoms with Crippen LogP contribution in [0.2, 0.25) is 0 Å². The molecule has 0 atom stereocenters. The van der Waals surface area contributed by atoms with E-state index < -0.39 is 0 Å². The lowest BCUT2D eigenvalue weighted by molar-refractivity contribution is 0.452. The van der Waals surface area contributed by atoms with Crippen molar-refractivity contribution >= 4 is 0 Å². The van der Waals surface area contributed by atoms with Gasteiger partial charge in [-0.15, -0.1) is 0 Å². The zero-order chi connectivity index (χ0) is 14.5. The Balaban J connectivity index is 2.25. The van der Waals surface area contributed by atoms with E-state index in [0.29, 0.717) is 18.3 Å². The molecule has 0 radical (unpaired) electrons.